The van der Waals surface area contributed by atoms with Crippen molar-refractivity contribution in [2.24, 2.45) is 5.10 Å². The summed E-state index contributed by atoms with van der Waals surface area (Å²) in [4.78, 5) is 12.1. The first-order valence-corrected chi connectivity index (χ1v) is 6.67. The summed E-state index contributed by atoms with van der Waals surface area (Å²) >= 11 is 0. The average Bonchev–Trinajstić information content (AvgIpc) is 3.01. The van der Waals surface area contributed by atoms with Crippen LogP contribution in [0, 0.1) is 6.92 Å². The highest BCUT2D eigenvalue weighted by molar-refractivity contribution is 5.92. The summed E-state index contributed by atoms with van der Waals surface area (Å²) in [6.45, 7) is 0.170. The van der Waals surface area contributed by atoms with E-state index < -0.39 is 55.0 Å². The maximum atomic E-state index is 13.0. The predicted molar refractivity (Wildman–Crippen MR) is 67.8 cm³/mol. The van der Waals surface area contributed by atoms with Gasteiger partial charge < -0.3 is 5.11 Å². The largest absolute Gasteiger partial charge is 0.435 e. The van der Waals surface area contributed by atoms with Crippen molar-refractivity contribution >= 4 is 11.6 Å². The minimum Gasteiger partial charge on any atom is -0.364 e. The van der Waals surface area contributed by atoms with E-state index in [2.05, 4.69) is 10.2 Å². The monoisotopic (exact) mass is 376 g/mol. The van der Waals surface area contributed by atoms with Gasteiger partial charge in [0.25, 0.3) is 18.8 Å². The lowest BCUT2D eigenvalue weighted by Crippen LogP contribution is -2.52. The lowest BCUT2D eigenvalue weighted by molar-refractivity contribution is -0.192. The molecule has 6 nitrogen and oxygen atoms in total. The highest BCUT2D eigenvalue weighted by Gasteiger charge is 2.53. The minimum absolute atomic E-state index is 0.126. The van der Waals surface area contributed by atoms with E-state index in [1.54, 1.807) is 0 Å². The van der Waals surface area contributed by atoms with E-state index in [1.807, 2.05) is 0 Å². The van der Waals surface area contributed by atoms with Crippen molar-refractivity contribution in [3.05, 3.63) is 17.5 Å². The van der Waals surface area contributed by atoms with E-state index in [9.17, 15) is 40.6 Å². The second kappa shape index (κ2) is 6.28. The number of aryl methyl sites for hydroxylation is 1. The Kier molecular flexibility index (Phi) is 4.81. The first-order valence-electron chi connectivity index (χ1n) is 6.67. The Morgan fingerprint density at radius 3 is 2.40 bits per heavy atom. The molecule has 0 saturated carbocycles. The van der Waals surface area contributed by atoms with Crippen LogP contribution in [0.25, 0.3) is 0 Å². The van der Waals surface area contributed by atoms with Gasteiger partial charge in [0.15, 0.2) is 5.69 Å². The predicted octanol–water partition coefficient (Wildman–Crippen LogP) is 2.02. The number of amides is 1. The summed E-state index contributed by atoms with van der Waals surface area (Å²) in [5.74, 6) is -1.42. The van der Waals surface area contributed by atoms with Crippen LogP contribution < -0.4 is 0 Å². The van der Waals surface area contributed by atoms with Crippen LogP contribution in [0.3, 0.4) is 0 Å². The number of hydrogen-bond donors (Lipinski definition) is 1. The van der Waals surface area contributed by atoms with E-state index in [0.29, 0.717) is 10.7 Å². The van der Waals surface area contributed by atoms with Gasteiger partial charge in [-0.1, -0.05) is 0 Å². The molecule has 25 heavy (non-hydrogen) atoms. The number of aliphatic hydroxyl groups is 1. The van der Waals surface area contributed by atoms with E-state index in [1.165, 1.54) is 6.92 Å². The highest BCUT2D eigenvalue weighted by Crippen LogP contribution is 2.33. The third-order valence-corrected chi connectivity index (χ3v) is 3.43. The molecule has 2 rings (SSSR count). The number of nitrogens with zero attached hydrogens (tertiary/aromatic N) is 4. The van der Waals surface area contributed by atoms with Crippen LogP contribution in [0.1, 0.15) is 17.8 Å². The van der Waals surface area contributed by atoms with Gasteiger partial charge in [0.05, 0.1) is 0 Å². The number of halogens is 7. The molecule has 1 amide bonds. The standard InChI is InChI=1S/C12H11F7N4O2/c1-5-2-7(12(17,18)19)21-22(5)4-8(24)23-11(25,10(15)16)3-6(20-23)9(13)14/h2,9-10,25H,3-4H2,1H3. The van der Waals surface area contributed by atoms with Crippen molar-refractivity contribution in [3.8, 4) is 0 Å². The third kappa shape index (κ3) is 3.60. The molecule has 0 radical (unpaired) electrons. The van der Waals surface area contributed by atoms with Gasteiger partial charge in [0.2, 0.25) is 5.72 Å². The molecule has 0 saturated heterocycles. The lowest BCUT2D eigenvalue weighted by atomic mass is 10.1. The molecule has 0 spiro atoms. The molecule has 13 heteroatoms. The Morgan fingerprint density at radius 1 is 1.36 bits per heavy atom. The fourth-order valence-electron chi connectivity index (χ4n) is 2.16. The summed E-state index contributed by atoms with van der Waals surface area (Å²) in [7, 11) is 0. The molecular weight excluding hydrogens is 365 g/mol. The number of alkyl halides is 7. The van der Waals surface area contributed by atoms with Crippen LogP contribution in [-0.4, -0.2) is 50.1 Å². The van der Waals surface area contributed by atoms with Crippen molar-refractivity contribution in [2.75, 3.05) is 0 Å². The number of hydrazone groups is 1. The Balaban J connectivity index is 2.28. The molecule has 140 valence electrons. The first-order chi connectivity index (χ1) is 11.4. The summed E-state index contributed by atoms with van der Waals surface area (Å²) < 4.78 is 89.6. The molecule has 1 aliphatic rings. The maximum Gasteiger partial charge on any atom is 0.435 e. The van der Waals surface area contributed by atoms with Crippen LogP contribution in [0.4, 0.5) is 30.7 Å². The molecule has 1 unspecified atom stereocenters. The molecule has 1 aliphatic heterocycles. The number of carbonyl (C=O) groups excluding carboxylic acids is 1. The number of rotatable bonds is 4. The van der Waals surface area contributed by atoms with Crippen LogP contribution in [0.5, 0.6) is 0 Å². The Bertz CT molecular complexity index is 700. The average molecular weight is 376 g/mol. The van der Waals surface area contributed by atoms with E-state index in [-0.39, 0.29) is 10.7 Å². The van der Waals surface area contributed by atoms with E-state index in [0.717, 1.165) is 0 Å². The van der Waals surface area contributed by atoms with Gasteiger partial charge in [-0.2, -0.15) is 28.4 Å². The van der Waals surface area contributed by atoms with Crippen molar-refractivity contribution in [1.29, 1.82) is 0 Å². The molecule has 0 bridgehead atoms. The van der Waals surface area contributed by atoms with Crippen molar-refractivity contribution in [2.45, 2.75) is 44.6 Å². The van der Waals surface area contributed by atoms with Crippen molar-refractivity contribution in [3.63, 3.8) is 0 Å². The molecule has 0 aliphatic carbocycles. The van der Waals surface area contributed by atoms with Crippen molar-refractivity contribution in [1.82, 2.24) is 14.8 Å². The topological polar surface area (TPSA) is 70.7 Å². The Morgan fingerprint density at radius 2 is 1.96 bits per heavy atom. The van der Waals surface area contributed by atoms with Gasteiger partial charge in [0.1, 0.15) is 12.3 Å². The van der Waals surface area contributed by atoms with Crippen LogP contribution in [0.15, 0.2) is 11.2 Å². The second-order valence-corrected chi connectivity index (χ2v) is 5.28. The normalized spacial score (nSPS) is 21.4. The van der Waals surface area contributed by atoms with Gasteiger partial charge in [-0.25, -0.2) is 17.6 Å². The smallest absolute Gasteiger partial charge is 0.364 e. The molecule has 0 aromatic carbocycles. The zero-order valence-corrected chi connectivity index (χ0v) is 12.4. The summed E-state index contributed by atoms with van der Waals surface area (Å²) in [5, 5.41) is 15.7. The fraction of sp³-hybridized carbons (Fsp3) is 0.583. The minimum atomic E-state index is -4.79. The summed E-state index contributed by atoms with van der Waals surface area (Å²) in [5.41, 5.74) is -5.88. The molecule has 0 fully saturated rings. The molecule has 1 atom stereocenters. The first kappa shape index (κ1) is 19.1. The fourth-order valence-corrected chi connectivity index (χ4v) is 2.16. The quantitative estimate of drug-likeness (QED) is 0.818. The van der Waals surface area contributed by atoms with E-state index >= 15 is 0 Å². The van der Waals surface area contributed by atoms with Crippen LogP contribution in [0.2, 0.25) is 0 Å². The second-order valence-electron chi connectivity index (χ2n) is 5.28. The van der Waals surface area contributed by atoms with Gasteiger partial charge in [0, 0.05) is 12.1 Å². The molecule has 1 aromatic rings. The van der Waals surface area contributed by atoms with Crippen LogP contribution >= 0.6 is 0 Å². The number of hydrogen-bond acceptors (Lipinski definition) is 4. The molecular formula is C12H11F7N4O2. The van der Waals surface area contributed by atoms with Crippen LogP contribution in [-0.2, 0) is 17.5 Å². The molecule has 1 N–H and O–H groups in total. The summed E-state index contributed by atoms with van der Waals surface area (Å²) in [6.07, 6.45) is -13.0. The maximum absolute atomic E-state index is 13.0. The highest BCUT2D eigenvalue weighted by atomic mass is 19.4. The van der Waals surface area contributed by atoms with Gasteiger partial charge in [-0.15, -0.1) is 0 Å². The third-order valence-electron chi connectivity index (χ3n) is 3.43. The zero-order valence-electron chi connectivity index (χ0n) is 12.4. The number of carbonyl (C=O) groups is 1. The lowest BCUT2D eigenvalue weighted by Gasteiger charge is -2.30. The molecule has 1 aromatic heterocycles. The molecule has 2 heterocycles. The Hall–Kier alpha value is -2.18. The van der Waals surface area contributed by atoms with Gasteiger partial charge in [-0.05, 0) is 13.0 Å². The van der Waals surface area contributed by atoms with Gasteiger partial charge >= 0.3 is 6.18 Å². The SMILES string of the molecule is Cc1cc(C(F)(F)F)nn1CC(=O)N1N=C(C(F)F)CC1(O)C(F)F. The summed E-state index contributed by atoms with van der Waals surface area (Å²) in [6, 6.07) is 0.616. The van der Waals surface area contributed by atoms with E-state index in [4.69, 9.17) is 0 Å². The number of aromatic nitrogens is 2. The van der Waals surface area contributed by atoms with Crippen molar-refractivity contribution < 1.29 is 40.6 Å². The zero-order chi connectivity index (χ0) is 19.2. The van der Waals surface area contributed by atoms with Gasteiger partial charge in [-0.3, -0.25) is 9.48 Å². The Labute approximate surface area is 135 Å².